The van der Waals surface area contributed by atoms with E-state index in [1.54, 1.807) is 0 Å². The molecule has 0 spiro atoms. The molecular formula is C16H21N5O2. The first-order valence-corrected chi connectivity index (χ1v) is 7.88. The van der Waals surface area contributed by atoms with Gasteiger partial charge >= 0.3 is 0 Å². The zero-order valence-electron chi connectivity index (χ0n) is 13.1. The predicted molar refractivity (Wildman–Crippen MR) is 87.1 cm³/mol. The van der Waals surface area contributed by atoms with Gasteiger partial charge in [-0.25, -0.2) is 0 Å². The van der Waals surface area contributed by atoms with Crippen LogP contribution in [0, 0.1) is 0 Å². The minimum absolute atomic E-state index is 0.0752. The van der Waals surface area contributed by atoms with Crippen LogP contribution in [0.2, 0.25) is 0 Å². The van der Waals surface area contributed by atoms with E-state index in [4.69, 9.17) is 0 Å². The molecule has 122 valence electrons. The van der Waals surface area contributed by atoms with E-state index < -0.39 is 0 Å². The predicted octanol–water partition coefficient (Wildman–Crippen LogP) is 0.503. The molecule has 3 rings (SSSR count). The minimum Gasteiger partial charge on any atom is -0.350 e. The number of aromatic amines is 1. The summed E-state index contributed by atoms with van der Waals surface area (Å²) in [5.74, 6) is -0.185. The fourth-order valence-corrected chi connectivity index (χ4v) is 2.86. The monoisotopic (exact) mass is 315 g/mol. The van der Waals surface area contributed by atoms with Crippen LogP contribution in [0.15, 0.2) is 24.3 Å². The van der Waals surface area contributed by atoms with Crippen LogP contribution in [-0.2, 0) is 4.79 Å². The Morgan fingerprint density at radius 1 is 1.39 bits per heavy atom. The van der Waals surface area contributed by atoms with Crippen molar-refractivity contribution in [1.29, 1.82) is 0 Å². The Labute approximate surface area is 134 Å². The number of piperazine rings is 1. The third-order valence-electron chi connectivity index (χ3n) is 4.13. The number of nitrogens with one attached hydrogen (secondary N) is 3. The maximum Gasteiger partial charge on any atom is 0.272 e. The maximum absolute atomic E-state index is 12.2. The zero-order chi connectivity index (χ0) is 16.2. The first-order valence-electron chi connectivity index (χ1n) is 7.88. The van der Waals surface area contributed by atoms with Gasteiger partial charge in [0.15, 0.2) is 5.69 Å². The van der Waals surface area contributed by atoms with Crippen molar-refractivity contribution >= 4 is 22.7 Å². The molecule has 3 N–H and O–H groups in total. The van der Waals surface area contributed by atoms with E-state index in [-0.39, 0.29) is 17.9 Å². The number of hydrogen-bond donors (Lipinski definition) is 3. The topological polar surface area (TPSA) is 90.1 Å². The van der Waals surface area contributed by atoms with Gasteiger partial charge in [0.1, 0.15) is 0 Å². The molecule has 7 heteroatoms. The van der Waals surface area contributed by atoms with E-state index >= 15 is 0 Å². The molecule has 1 aliphatic heterocycles. The molecule has 0 saturated carbocycles. The Hall–Kier alpha value is -2.41. The van der Waals surface area contributed by atoms with Gasteiger partial charge in [0.25, 0.3) is 5.91 Å². The number of H-pyrrole nitrogens is 1. The highest BCUT2D eigenvalue weighted by molar-refractivity contribution is 6.04. The van der Waals surface area contributed by atoms with Crippen LogP contribution in [0.25, 0.3) is 10.9 Å². The fourth-order valence-electron chi connectivity index (χ4n) is 2.86. The maximum atomic E-state index is 12.2. The highest BCUT2D eigenvalue weighted by Crippen LogP contribution is 2.14. The molecule has 7 nitrogen and oxygen atoms in total. The highest BCUT2D eigenvalue weighted by atomic mass is 16.2. The number of carbonyl (C=O) groups excluding carboxylic acids is 2. The van der Waals surface area contributed by atoms with Gasteiger partial charge in [-0.15, -0.1) is 0 Å². The number of hydrogen-bond acceptors (Lipinski definition) is 4. The summed E-state index contributed by atoms with van der Waals surface area (Å²) < 4.78 is 0. The Morgan fingerprint density at radius 3 is 3.04 bits per heavy atom. The molecule has 1 aromatic carbocycles. The zero-order valence-corrected chi connectivity index (χ0v) is 13.1. The standard InChI is InChI=1S/C16H21N5O2/c1-11-10-17-8-9-21(11)14(22)6-7-18-16(23)15-12-4-2-3-5-13(12)19-20-15/h2-5,11,17H,6-10H2,1H3,(H,18,23)(H,19,20)/t11-/m1/s1. The van der Waals surface area contributed by atoms with Gasteiger partial charge in [-0.05, 0) is 13.0 Å². The van der Waals surface area contributed by atoms with Crippen molar-refractivity contribution in [3.63, 3.8) is 0 Å². The Bertz CT molecular complexity index is 711. The Kier molecular flexibility index (Phi) is 4.57. The molecule has 0 radical (unpaired) electrons. The summed E-state index contributed by atoms with van der Waals surface area (Å²) in [4.78, 5) is 26.3. The van der Waals surface area contributed by atoms with Crippen molar-refractivity contribution in [2.75, 3.05) is 26.2 Å². The van der Waals surface area contributed by atoms with E-state index in [1.165, 1.54) is 0 Å². The molecule has 1 atom stereocenters. The fraction of sp³-hybridized carbons (Fsp3) is 0.438. The molecule has 1 saturated heterocycles. The van der Waals surface area contributed by atoms with Gasteiger partial charge in [-0.1, -0.05) is 18.2 Å². The normalized spacial score (nSPS) is 18.1. The summed E-state index contributed by atoms with van der Waals surface area (Å²) in [6, 6.07) is 7.66. The van der Waals surface area contributed by atoms with Crippen LogP contribution in [0.4, 0.5) is 0 Å². The van der Waals surface area contributed by atoms with Crippen molar-refractivity contribution in [2.24, 2.45) is 0 Å². The molecule has 0 unspecified atom stereocenters. The lowest BCUT2D eigenvalue weighted by Gasteiger charge is -2.34. The Morgan fingerprint density at radius 2 is 2.22 bits per heavy atom. The summed E-state index contributed by atoms with van der Waals surface area (Å²) in [5, 5.41) is 13.7. The second-order valence-electron chi connectivity index (χ2n) is 5.76. The van der Waals surface area contributed by atoms with Crippen LogP contribution in [0.3, 0.4) is 0 Å². The quantitative estimate of drug-likeness (QED) is 0.766. The lowest BCUT2D eigenvalue weighted by atomic mass is 10.2. The third-order valence-corrected chi connectivity index (χ3v) is 4.13. The summed E-state index contributed by atoms with van der Waals surface area (Å²) in [7, 11) is 0. The number of nitrogens with zero attached hydrogens (tertiary/aromatic N) is 2. The molecule has 0 aliphatic carbocycles. The Balaban J connectivity index is 1.54. The van der Waals surface area contributed by atoms with Crippen molar-refractivity contribution < 1.29 is 9.59 Å². The number of aromatic nitrogens is 2. The van der Waals surface area contributed by atoms with Gasteiger partial charge in [-0.3, -0.25) is 14.7 Å². The number of para-hydroxylation sites is 1. The molecule has 1 aromatic heterocycles. The number of amides is 2. The second-order valence-corrected chi connectivity index (χ2v) is 5.76. The van der Waals surface area contributed by atoms with Crippen molar-refractivity contribution in [2.45, 2.75) is 19.4 Å². The van der Waals surface area contributed by atoms with Crippen LogP contribution < -0.4 is 10.6 Å². The molecular weight excluding hydrogens is 294 g/mol. The lowest BCUT2D eigenvalue weighted by Crippen LogP contribution is -2.52. The van der Waals surface area contributed by atoms with Gasteiger partial charge in [0.05, 0.1) is 5.52 Å². The lowest BCUT2D eigenvalue weighted by molar-refractivity contribution is -0.133. The van der Waals surface area contributed by atoms with E-state index in [9.17, 15) is 9.59 Å². The SMILES string of the molecule is C[C@@H]1CNCCN1C(=O)CCNC(=O)c1n[nH]c2ccccc12. The molecule has 1 fully saturated rings. The van der Waals surface area contributed by atoms with Gasteiger partial charge in [0.2, 0.25) is 5.91 Å². The van der Waals surface area contributed by atoms with E-state index in [0.29, 0.717) is 18.7 Å². The molecule has 2 aromatic rings. The van der Waals surface area contributed by atoms with Gasteiger partial charge in [0, 0.05) is 44.0 Å². The summed E-state index contributed by atoms with van der Waals surface area (Å²) in [6.07, 6.45) is 0.304. The number of fused-ring (bicyclic) bond motifs is 1. The average molecular weight is 315 g/mol. The first kappa shape index (κ1) is 15.5. The number of carbonyl (C=O) groups is 2. The van der Waals surface area contributed by atoms with Gasteiger partial charge in [-0.2, -0.15) is 5.10 Å². The van der Waals surface area contributed by atoms with Crippen LogP contribution >= 0.6 is 0 Å². The molecule has 1 aliphatic rings. The average Bonchev–Trinajstić information content (AvgIpc) is 2.99. The number of rotatable bonds is 4. The molecule has 23 heavy (non-hydrogen) atoms. The highest BCUT2D eigenvalue weighted by Gasteiger charge is 2.22. The van der Waals surface area contributed by atoms with Crippen LogP contribution in [-0.4, -0.2) is 59.1 Å². The van der Waals surface area contributed by atoms with Crippen LogP contribution in [0.1, 0.15) is 23.8 Å². The minimum atomic E-state index is -0.261. The van der Waals surface area contributed by atoms with Crippen molar-refractivity contribution in [1.82, 2.24) is 25.7 Å². The first-order chi connectivity index (χ1) is 11.2. The van der Waals surface area contributed by atoms with E-state index in [1.807, 2.05) is 36.1 Å². The summed E-state index contributed by atoms with van der Waals surface area (Å²) in [5.41, 5.74) is 1.19. The summed E-state index contributed by atoms with van der Waals surface area (Å²) >= 11 is 0. The second kappa shape index (κ2) is 6.78. The number of benzene rings is 1. The largest absolute Gasteiger partial charge is 0.350 e. The van der Waals surface area contributed by atoms with Gasteiger partial charge < -0.3 is 15.5 Å². The molecule has 2 amide bonds. The smallest absolute Gasteiger partial charge is 0.272 e. The van der Waals surface area contributed by atoms with Crippen molar-refractivity contribution in [3.05, 3.63) is 30.0 Å². The summed E-state index contributed by atoms with van der Waals surface area (Å²) in [6.45, 7) is 4.70. The van der Waals surface area contributed by atoms with Crippen molar-refractivity contribution in [3.8, 4) is 0 Å². The van der Waals surface area contributed by atoms with E-state index in [0.717, 1.165) is 30.5 Å². The van der Waals surface area contributed by atoms with Crippen LogP contribution in [0.5, 0.6) is 0 Å². The molecule has 0 bridgehead atoms. The molecule has 2 heterocycles. The van der Waals surface area contributed by atoms with E-state index in [2.05, 4.69) is 20.8 Å². The third kappa shape index (κ3) is 3.34.